The number of anilines is 1. The van der Waals surface area contributed by atoms with Crippen molar-refractivity contribution < 1.29 is 0 Å². The van der Waals surface area contributed by atoms with Crippen LogP contribution in [0.25, 0.3) is 0 Å². The van der Waals surface area contributed by atoms with Gasteiger partial charge < -0.3 is 5.32 Å². The molecule has 0 heterocycles. The fourth-order valence-corrected chi connectivity index (χ4v) is 3.15. The van der Waals surface area contributed by atoms with Crippen molar-refractivity contribution in [3.05, 3.63) is 59.7 Å². The van der Waals surface area contributed by atoms with Gasteiger partial charge in [0.1, 0.15) is 0 Å². The van der Waals surface area contributed by atoms with Gasteiger partial charge in [0.15, 0.2) is 0 Å². The Labute approximate surface area is 119 Å². The molecule has 0 spiro atoms. The van der Waals surface area contributed by atoms with E-state index in [1.165, 1.54) is 34.6 Å². The summed E-state index contributed by atoms with van der Waals surface area (Å²) < 4.78 is 0. The van der Waals surface area contributed by atoms with Gasteiger partial charge in [0, 0.05) is 16.6 Å². The Morgan fingerprint density at radius 1 is 1.00 bits per heavy atom. The lowest BCUT2D eigenvalue weighted by molar-refractivity contribution is 0.611. The van der Waals surface area contributed by atoms with E-state index in [4.69, 9.17) is 0 Å². The van der Waals surface area contributed by atoms with Crippen LogP contribution in [0, 0.1) is 0 Å². The third kappa shape index (κ3) is 2.95. The zero-order valence-corrected chi connectivity index (χ0v) is 12.0. The quantitative estimate of drug-likeness (QED) is 0.830. The van der Waals surface area contributed by atoms with Crippen molar-refractivity contribution in [2.75, 3.05) is 11.6 Å². The van der Waals surface area contributed by atoms with E-state index in [1.54, 1.807) is 11.8 Å². The molecule has 1 unspecified atom stereocenters. The molecule has 0 amide bonds. The van der Waals surface area contributed by atoms with Gasteiger partial charge in [0.2, 0.25) is 0 Å². The van der Waals surface area contributed by atoms with Gasteiger partial charge >= 0.3 is 0 Å². The zero-order chi connectivity index (χ0) is 13.1. The van der Waals surface area contributed by atoms with Crippen LogP contribution >= 0.6 is 11.8 Å². The Bertz CT molecular complexity index is 547. The van der Waals surface area contributed by atoms with Crippen LogP contribution in [0.3, 0.4) is 0 Å². The highest BCUT2D eigenvalue weighted by atomic mass is 32.2. The number of fused-ring (bicyclic) bond motifs is 1. The predicted molar refractivity (Wildman–Crippen MR) is 84.1 cm³/mol. The minimum Gasteiger partial charge on any atom is -0.382 e. The summed E-state index contributed by atoms with van der Waals surface area (Å²) >= 11 is 1.79. The Morgan fingerprint density at radius 3 is 2.47 bits per heavy atom. The lowest BCUT2D eigenvalue weighted by Gasteiger charge is -2.26. The minimum absolute atomic E-state index is 0.565. The maximum atomic E-state index is 3.66. The van der Waals surface area contributed by atoms with Crippen molar-refractivity contribution in [2.45, 2.75) is 30.2 Å². The summed E-state index contributed by atoms with van der Waals surface area (Å²) in [7, 11) is 0. The fourth-order valence-electron chi connectivity index (χ4n) is 2.74. The van der Waals surface area contributed by atoms with Gasteiger partial charge in [-0.3, -0.25) is 0 Å². The molecule has 3 rings (SSSR count). The summed E-state index contributed by atoms with van der Waals surface area (Å²) in [4.78, 5) is 1.32. The van der Waals surface area contributed by atoms with E-state index in [1.807, 2.05) is 0 Å². The SMILES string of the molecule is CSc1ccc(NC2CCc3ccccc3C2)cc1. The number of rotatable bonds is 3. The zero-order valence-electron chi connectivity index (χ0n) is 11.2. The molecule has 2 heteroatoms. The molecule has 1 aliphatic rings. The van der Waals surface area contributed by atoms with E-state index in [0.29, 0.717) is 6.04 Å². The number of hydrogen-bond acceptors (Lipinski definition) is 2. The average molecular weight is 269 g/mol. The van der Waals surface area contributed by atoms with E-state index in [-0.39, 0.29) is 0 Å². The van der Waals surface area contributed by atoms with E-state index in [9.17, 15) is 0 Å². The van der Waals surface area contributed by atoms with E-state index in [0.717, 1.165) is 6.42 Å². The van der Waals surface area contributed by atoms with Crippen LogP contribution in [0.4, 0.5) is 5.69 Å². The van der Waals surface area contributed by atoms with Crippen LogP contribution in [0.5, 0.6) is 0 Å². The first-order valence-electron chi connectivity index (χ1n) is 6.82. The summed E-state index contributed by atoms with van der Waals surface area (Å²) in [5.41, 5.74) is 4.27. The number of hydrogen-bond donors (Lipinski definition) is 1. The first kappa shape index (κ1) is 12.6. The third-order valence-electron chi connectivity index (χ3n) is 3.81. The maximum absolute atomic E-state index is 3.66. The lowest BCUT2D eigenvalue weighted by atomic mass is 9.88. The molecule has 0 saturated heterocycles. The number of aryl methyl sites for hydroxylation is 1. The van der Waals surface area contributed by atoms with Crippen molar-refractivity contribution in [1.29, 1.82) is 0 Å². The molecule has 1 aliphatic carbocycles. The molecule has 1 N–H and O–H groups in total. The highest BCUT2D eigenvalue weighted by Gasteiger charge is 2.17. The van der Waals surface area contributed by atoms with Gasteiger partial charge in [-0.05, 0) is 60.9 Å². The van der Waals surface area contributed by atoms with E-state index in [2.05, 4.69) is 60.1 Å². The summed E-state index contributed by atoms with van der Waals surface area (Å²) in [5.74, 6) is 0. The predicted octanol–water partition coefficient (Wildman–Crippen LogP) is 4.38. The van der Waals surface area contributed by atoms with Gasteiger partial charge in [-0.25, -0.2) is 0 Å². The van der Waals surface area contributed by atoms with E-state index >= 15 is 0 Å². The summed E-state index contributed by atoms with van der Waals surface area (Å²) in [6, 6.07) is 18.1. The summed E-state index contributed by atoms with van der Waals surface area (Å²) in [5, 5.41) is 3.66. The van der Waals surface area contributed by atoms with E-state index < -0.39 is 0 Å². The van der Waals surface area contributed by atoms with Gasteiger partial charge in [-0.2, -0.15) is 0 Å². The molecule has 0 saturated carbocycles. The summed E-state index contributed by atoms with van der Waals surface area (Å²) in [6.07, 6.45) is 5.67. The molecular formula is C17H19NS. The molecule has 0 fully saturated rings. The van der Waals surface area contributed by atoms with Gasteiger partial charge in [0.25, 0.3) is 0 Å². The molecule has 2 aromatic rings. The molecule has 0 aliphatic heterocycles. The van der Waals surface area contributed by atoms with Gasteiger partial charge in [-0.1, -0.05) is 24.3 Å². The molecular weight excluding hydrogens is 250 g/mol. The van der Waals surface area contributed by atoms with Crippen molar-refractivity contribution >= 4 is 17.4 Å². The number of benzene rings is 2. The topological polar surface area (TPSA) is 12.0 Å². The van der Waals surface area contributed by atoms with Crippen LogP contribution in [-0.2, 0) is 12.8 Å². The molecule has 0 radical (unpaired) electrons. The van der Waals surface area contributed by atoms with Crippen molar-refractivity contribution in [2.24, 2.45) is 0 Å². The molecule has 0 bridgehead atoms. The second-order valence-corrected chi connectivity index (χ2v) is 5.96. The Morgan fingerprint density at radius 2 is 1.74 bits per heavy atom. The monoisotopic (exact) mass is 269 g/mol. The maximum Gasteiger partial charge on any atom is 0.0343 e. The van der Waals surface area contributed by atoms with Gasteiger partial charge in [0.05, 0.1) is 0 Å². The normalized spacial score (nSPS) is 17.8. The highest BCUT2D eigenvalue weighted by molar-refractivity contribution is 7.98. The first-order chi connectivity index (χ1) is 9.35. The van der Waals surface area contributed by atoms with Gasteiger partial charge in [-0.15, -0.1) is 11.8 Å². The molecule has 19 heavy (non-hydrogen) atoms. The fraction of sp³-hybridized carbons (Fsp3) is 0.294. The number of nitrogens with one attached hydrogen (secondary N) is 1. The lowest BCUT2D eigenvalue weighted by Crippen LogP contribution is -2.27. The summed E-state index contributed by atoms with van der Waals surface area (Å²) in [6.45, 7) is 0. The highest BCUT2D eigenvalue weighted by Crippen LogP contribution is 2.24. The Kier molecular flexibility index (Phi) is 3.79. The third-order valence-corrected chi connectivity index (χ3v) is 4.55. The van der Waals surface area contributed by atoms with Crippen LogP contribution in [0.1, 0.15) is 17.5 Å². The van der Waals surface area contributed by atoms with Crippen molar-refractivity contribution in [3.63, 3.8) is 0 Å². The largest absolute Gasteiger partial charge is 0.382 e. The number of thioether (sulfide) groups is 1. The van der Waals surface area contributed by atoms with Crippen LogP contribution in [0.15, 0.2) is 53.4 Å². The van der Waals surface area contributed by atoms with Crippen LogP contribution < -0.4 is 5.32 Å². The Hall–Kier alpha value is -1.41. The van der Waals surface area contributed by atoms with Crippen LogP contribution in [0.2, 0.25) is 0 Å². The molecule has 1 atom stereocenters. The molecule has 98 valence electrons. The Balaban J connectivity index is 1.68. The average Bonchev–Trinajstić information content (AvgIpc) is 2.48. The molecule has 2 aromatic carbocycles. The second-order valence-electron chi connectivity index (χ2n) is 5.08. The standard InChI is InChI=1S/C17H19NS/c1-19-17-10-8-15(9-11-17)18-16-7-6-13-4-2-3-5-14(13)12-16/h2-5,8-11,16,18H,6-7,12H2,1H3. The van der Waals surface area contributed by atoms with Crippen LogP contribution in [-0.4, -0.2) is 12.3 Å². The molecule has 0 aromatic heterocycles. The second kappa shape index (κ2) is 5.70. The minimum atomic E-state index is 0.565. The van der Waals surface area contributed by atoms with Crippen molar-refractivity contribution in [3.8, 4) is 0 Å². The van der Waals surface area contributed by atoms with Crippen molar-refractivity contribution in [1.82, 2.24) is 0 Å². The first-order valence-corrected chi connectivity index (χ1v) is 8.05. The smallest absolute Gasteiger partial charge is 0.0343 e. The molecule has 1 nitrogen and oxygen atoms in total.